The minimum atomic E-state index is -0.583. The maximum Gasteiger partial charge on any atom is 0.386 e. The smallest absolute Gasteiger partial charge is 0.358 e. The van der Waals surface area contributed by atoms with Crippen molar-refractivity contribution in [1.82, 2.24) is 9.55 Å². The van der Waals surface area contributed by atoms with Gasteiger partial charge in [-0.25, -0.2) is 0 Å². The highest BCUT2D eigenvalue weighted by atomic mass is 35.5. The number of imidazole rings is 1. The summed E-state index contributed by atoms with van der Waals surface area (Å²) in [5, 5.41) is 18.8. The largest absolute Gasteiger partial charge is 0.386 e. The number of nitro groups is 1. The van der Waals surface area contributed by atoms with Crippen molar-refractivity contribution in [3.05, 3.63) is 22.1 Å². The molecular formula is C7H7ClN4O2. The van der Waals surface area contributed by atoms with Crippen molar-refractivity contribution < 1.29 is 4.92 Å². The Hall–Kier alpha value is -1.61. The van der Waals surface area contributed by atoms with Crippen LogP contribution in [0.5, 0.6) is 0 Å². The topological polar surface area (TPSA) is 84.8 Å². The first-order chi connectivity index (χ1) is 6.70. The molecule has 14 heavy (non-hydrogen) atoms. The normalized spacial score (nSPS) is 9.71. The van der Waals surface area contributed by atoms with E-state index in [2.05, 4.69) is 4.98 Å². The number of rotatable bonds is 4. The summed E-state index contributed by atoms with van der Waals surface area (Å²) in [5.74, 6) is -0.222. The fourth-order valence-corrected chi connectivity index (χ4v) is 1.32. The van der Waals surface area contributed by atoms with Crippen molar-refractivity contribution in [2.75, 3.05) is 0 Å². The SMILES string of the molecule is N#CCCn1cnc([N+](=O)[O-])c1CCl. The third-order valence-corrected chi connectivity index (χ3v) is 1.94. The van der Waals surface area contributed by atoms with Gasteiger partial charge in [-0.1, -0.05) is 0 Å². The van der Waals surface area contributed by atoms with Crippen LogP contribution in [0.2, 0.25) is 0 Å². The molecule has 0 aromatic carbocycles. The lowest BCUT2D eigenvalue weighted by Crippen LogP contribution is -2.01. The first-order valence-electron chi connectivity index (χ1n) is 3.82. The van der Waals surface area contributed by atoms with E-state index in [1.54, 1.807) is 0 Å². The number of nitriles is 1. The molecule has 0 unspecified atom stereocenters. The molecule has 0 amide bonds. The molecule has 0 spiro atoms. The van der Waals surface area contributed by atoms with Crippen LogP contribution in [0.3, 0.4) is 0 Å². The first kappa shape index (κ1) is 10.5. The van der Waals surface area contributed by atoms with Crippen LogP contribution < -0.4 is 0 Å². The number of aryl methyl sites for hydroxylation is 1. The van der Waals surface area contributed by atoms with Crippen LogP contribution in [0, 0.1) is 21.4 Å². The molecule has 0 aliphatic rings. The molecule has 0 N–H and O–H groups in total. The number of hydrogen-bond donors (Lipinski definition) is 0. The van der Waals surface area contributed by atoms with Crippen LogP contribution in [0.1, 0.15) is 12.1 Å². The zero-order chi connectivity index (χ0) is 10.6. The molecule has 0 radical (unpaired) electrons. The molecule has 0 saturated carbocycles. The lowest BCUT2D eigenvalue weighted by atomic mass is 10.4. The van der Waals surface area contributed by atoms with E-state index in [-0.39, 0.29) is 18.1 Å². The highest BCUT2D eigenvalue weighted by Gasteiger charge is 2.19. The van der Waals surface area contributed by atoms with Crippen molar-refractivity contribution >= 4 is 17.4 Å². The van der Waals surface area contributed by atoms with E-state index in [9.17, 15) is 10.1 Å². The van der Waals surface area contributed by atoms with E-state index >= 15 is 0 Å². The van der Waals surface area contributed by atoms with Gasteiger partial charge in [0.1, 0.15) is 5.69 Å². The summed E-state index contributed by atoms with van der Waals surface area (Å²) in [6.07, 6.45) is 1.60. The van der Waals surface area contributed by atoms with Crippen molar-refractivity contribution in [1.29, 1.82) is 5.26 Å². The molecule has 0 fully saturated rings. The van der Waals surface area contributed by atoms with E-state index < -0.39 is 4.92 Å². The third kappa shape index (κ3) is 2.00. The standard InChI is InChI=1S/C7H7ClN4O2/c8-4-6-7(12(13)14)10-5-11(6)3-1-2-9/h5H,1,3-4H2. The summed E-state index contributed by atoms with van der Waals surface area (Å²) in [6.45, 7) is 0.374. The minimum Gasteiger partial charge on any atom is -0.358 e. The van der Waals surface area contributed by atoms with E-state index in [1.807, 2.05) is 6.07 Å². The maximum absolute atomic E-state index is 10.5. The number of halogens is 1. The van der Waals surface area contributed by atoms with Gasteiger partial charge in [-0.3, -0.25) is 0 Å². The number of hydrogen-bond acceptors (Lipinski definition) is 4. The second kappa shape index (κ2) is 4.58. The van der Waals surface area contributed by atoms with Crippen LogP contribution >= 0.6 is 11.6 Å². The van der Waals surface area contributed by atoms with E-state index in [4.69, 9.17) is 16.9 Å². The lowest BCUT2D eigenvalue weighted by Gasteiger charge is -2.00. The second-order valence-electron chi connectivity index (χ2n) is 2.51. The summed E-state index contributed by atoms with van der Waals surface area (Å²) in [6, 6.07) is 1.94. The molecule has 7 heteroatoms. The van der Waals surface area contributed by atoms with Gasteiger partial charge in [0.15, 0.2) is 0 Å². The van der Waals surface area contributed by atoms with E-state index in [0.29, 0.717) is 12.2 Å². The number of nitrogens with zero attached hydrogens (tertiary/aromatic N) is 4. The molecule has 1 aromatic rings. The second-order valence-corrected chi connectivity index (χ2v) is 2.77. The summed E-state index contributed by atoms with van der Waals surface area (Å²) < 4.78 is 1.52. The summed E-state index contributed by atoms with van der Waals surface area (Å²) in [4.78, 5) is 13.5. The average molecular weight is 215 g/mol. The zero-order valence-electron chi connectivity index (χ0n) is 7.18. The molecule has 0 aliphatic heterocycles. The van der Waals surface area contributed by atoms with Gasteiger partial charge in [-0.05, 0) is 9.91 Å². The fraction of sp³-hybridized carbons (Fsp3) is 0.429. The summed E-state index contributed by atoms with van der Waals surface area (Å²) >= 11 is 5.55. The Morgan fingerprint density at radius 1 is 1.79 bits per heavy atom. The molecule has 0 bridgehead atoms. The van der Waals surface area contributed by atoms with Crippen LogP contribution in [-0.2, 0) is 12.4 Å². The molecule has 1 aromatic heterocycles. The van der Waals surface area contributed by atoms with Gasteiger partial charge >= 0.3 is 5.82 Å². The maximum atomic E-state index is 10.5. The number of aromatic nitrogens is 2. The molecule has 1 heterocycles. The number of alkyl halides is 1. The van der Waals surface area contributed by atoms with Crippen LogP contribution in [0.25, 0.3) is 0 Å². The first-order valence-corrected chi connectivity index (χ1v) is 4.35. The Bertz CT molecular complexity index is 382. The Kier molecular flexibility index (Phi) is 3.42. The molecule has 0 atom stereocenters. The van der Waals surface area contributed by atoms with Gasteiger partial charge in [-0.2, -0.15) is 5.26 Å². The molecular weight excluding hydrogens is 208 g/mol. The Labute approximate surface area is 84.9 Å². The van der Waals surface area contributed by atoms with Crippen LogP contribution in [0.4, 0.5) is 5.82 Å². The van der Waals surface area contributed by atoms with Crippen molar-refractivity contribution in [3.8, 4) is 6.07 Å². The van der Waals surface area contributed by atoms with Gasteiger partial charge in [0.25, 0.3) is 0 Å². The summed E-state index contributed by atoms with van der Waals surface area (Å²) in [5.41, 5.74) is 0.340. The van der Waals surface area contributed by atoms with Gasteiger partial charge in [0.05, 0.1) is 18.4 Å². The predicted octanol–water partition coefficient (Wildman–Crippen LogP) is 1.44. The zero-order valence-corrected chi connectivity index (χ0v) is 7.94. The van der Waals surface area contributed by atoms with Gasteiger partial charge in [0.2, 0.25) is 6.33 Å². The Morgan fingerprint density at radius 3 is 3.00 bits per heavy atom. The predicted molar refractivity (Wildman–Crippen MR) is 48.7 cm³/mol. The van der Waals surface area contributed by atoms with Crippen LogP contribution in [-0.4, -0.2) is 14.5 Å². The lowest BCUT2D eigenvalue weighted by molar-refractivity contribution is -0.390. The average Bonchev–Trinajstić information content (AvgIpc) is 2.57. The van der Waals surface area contributed by atoms with Crippen molar-refractivity contribution in [2.24, 2.45) is 0 Å². The van der Waals surface area contributed by atoms with E-state index in [0.717, 1.165) is 0 Å². The molecule has 74 valence electrons. The van der Waals surface area contributed by atoms with E-state index in [1.165, 1.54) is 10.9 Å². The molecule has 0 saturated heterocycles. The molecule has 6 nitrogen and oxygen atoms in total. The van der Waals surface area contributed by atoms with Gasteiger partial charge < -0.3 is 14.7 Å². The molecule has 1 rings (SSSR count). The molecule has 0 aliphatic carbocycles. The quantitative estimate of drug-likeness (QED) is 0.431. The third-order valence-electron chi connectivity index (χ3n) is 1.69. The van der Waals surface area contributed by atoms with Crippen LogP contribution in [0.15, 0.2) is 6.33 Å². The monoisotopic (exact) mass is 214 g/mol. The Balaban J connectivity index is 2.96. The van der Waals surface area contributed by atoms with Crippen molar-refractivity contribution in [3.63, 3.8) is 0 Å². The Morgan fingerprint density at radius 2 is 2.50 bits per heavy atom. The van der Waals surface area contributed by atoms with Crippen molar-refractivity contribution in [2.45, 2.75) is 18.8 Å². The highest BCUT2D eigenvalue weighted by Crippen LogP contribution is 2.18. The summed E-state index contributed by atoms with van der Waals surface area (Å²) in [7, 11) is 0. The minimum absolute atomic E-state index is 0.0156. The van der Waals surface area contributed by atoms with Gasteiger partial charge in [0, 0.05) is 6.54 Å². The van der Waals surface area contributed by atoms with Gasteiger partial charge in [-0.15, -0.1) is 11.6 Å². The highest BCUT2D eigenvalue weighted by molar-refractivity contribution is 6.17. The fourth-order valence-electron chi connectivity index (χ4n) is 1.05.